The molecule has 0 aliphatic heterocycles. The van der Waals surface area contributed by atoms with Crippen molar-refractivity contribution in [3.63, 3.8) is 0 Å². The minimum Gasteiger partial charge on any atom is -0.392 e. The molecular weight excluding hydrogens is 424 g/mol. The Morgan fingerprint density at radius 3 is 2.62 bits per heavy atom. The number of pyridine rings is 1. The third kappa shape index (κ3) is 3.63. The maximum Gasteiger partial charge on any atom is 0.262 e. The molecule has 2 rings (SSSR count). The number of hydrogen-bond donors (Lipinski definition) is 2. The molecule has 0 amide bonds. The third-order valence-electron chi connectivity index (χ3n) is 2.85. The van der Waals surface area contributed by atoms with E-state index >= 15 is 0 Å². The molecule has 1 aromatic heterocycles. The standard InChI is InChI=1S/C13H12Br2N2O3S/c1-8-10(14)4-9(7-18)5-13(8)21(19,20)17-12-2-3-16-6-11(12)15/h2-6,18H,7H2,1H3,(H,16,17). The monoisotopic (exact) mass is 434 g/mol. The second-order valence-corrected chi connectivity index (χ2v) is 7.68. The van der Waals surface area contributed by atoms with E-state index in [-0.39, 0.29) is 11.5 Å². The minimum absolute atomic E-state index is 0.115. The maximum atomic E-state index is 12.5. The Labute approximate surface area is 139 Å². The van der Waals surface area contributed by atoms with Gasteiger partial charge in [0.15, 0.2) is 0 Å². The molecule has 1 heterocycles. The van der Waals surface area contributed by atoms with Crippen molar-refractivity contribution in [1.29, 1.82) is 0 Å². The van der Waals surface area contributed by atoms with Crippen LogP contribution in [0.15, 0.2) is 44.4 Å². The van der Waals surface area contributed by atoms with Crippen molar-refractivity contribution >= 4 is 47.6 Å². The first-order valence-corrected chi connectivity index (χ1v) is 8.94. The van der Waals surface area contributed by atoms with Gasteiger partial charge in [-0.1, -0.05) is 15.9 Å². The molecule has 0 atom stereocenters. The van der Waals surface area contributed by atoms with Gasteiger partial charge in [0.2, 0.25) is 0 Å². The van der Waals surface area contributed by atoms with Gasteiger partial charge in [0.05, 0.1) is 21.7 Å². The summed E-state index contributed by atoms with van der Waals surface area (Å²) in [4.78, 5) is 4.00. The van der Waals surface area contributed by atoms with Crippen LogP contribution in [-0.4, -0.2) is 18.5 Å². The number of aliphatic hydroxyl groups is 1. The molecule has 0 saturated heterocycles. The highest BCUT2D eigenvalue weighted by Gasteiger charge is 2.20. The molecule has 0 aliphatic carbocycles. The lowest BCUT2D eigenvalue weighted by Gasteiger charge is -2.13. The smallest absolute Gasteiger partial charge is 0.262 e. The van der Waals surface area contributed by atoms with Crippen LogP contribution < -0.4 is 4.72 Å². The summed E-state index contributed by atoms with van der Waals surface area (Å²) in [5.41, 5.74) is 1.49. The number of benzene rings is 1. The van der Waals surface area contributed by atoms with E-state index in [1.807, 2.05) is 0 Å². The first-order chi connectivity index (χ1) is 9.85. The van der Waals surface area contributed by atoms with Gasteiger partial charge in [-0.15, -0.1) is 0 Å². The molecule has 112 valence electrons. The molecule has 2 aromatic rings. The van der Waals surface area contributed by atoms with Gasteiger partial charge in [-0.25, -0.2) is 8.42 Å². The van der Waals surface area contributed by atoms with Crippen LogP contribution in [0.5, 0.6) is 0 Å². The van der Waals surface area contributed by atoms with Gasteiger partial charge in [0.25, 0.3) is 10.0 Å². The maximum absolute atomic E-state index is 12.5. The predicted octanol–water partition coefficient (Wildman–Crippen LogP) is 3.21. The zero-order chi connectivity index (χ0) is 15.6. The van der Waals surface area contributed by atoms with E-state index in [4.69, 9.17) is 0 Å². The van der Waals surface area contributed by atoms with Gasteiger partial charge < -0.3 is 5.11 Å². The first-order valence-electron chi connectivity index (χ1n) is 5.87. The van der Waals surface area contributed by atoms with E-state index in [2.05, 4.69) is 41.6 Å². The van der Waals surface area contributed by atoms with Gasteiger partial charge >= 0.3 is 0 Å². The van der Waals surface area contributed by atoms with E-state index in [9.17, 15) is 13.5 Å². The van der Waals surface area contributed by atoms with Crippen LogP contribution >= 0.6 is 31.9 Å². The topological polar surface area (TPSA) is 79.3 Å². The Balaban J connectivity index is 2.50. The van der Waals surface area contributed by atoms with Gasteiger partial charge in [-0.2, -0.15) is 0 Å². The largest absolute Gasteiger partial charge is 0.392 e. The fraction of sp³-hybridized carbons (Fsp3) is 0.154. The second kappa shape index (κ2) is 6.43. The quantitative estimate of drug-likeness (QED) is 0.772. The van der Waals surface area contributed by atoms with Gasteiger partial charge in [-0.3, -0.25) is 9.71 Å². The molecule has 0 aliphatic rings. The normalized spacial score (nSPS) is 11.4. The van der Waals surface area contributed by atoms with E-state index in [0.717, 1.165) is 0 Å². The molecule has 0 spiro atoms. The number of nitrogens with zero attached hydrogens (tertiary/aromatic N) is 1. The Morgan fingerprint density at radius 1 is 1.29 bits per heavy atom. The highest BCUT2D eigenvalue weighted by Crippen LogP contribution is 2.29. The van der Waals surface area contributed by atoms with Crippen LogP contribution in [0.25, 0.3) is 0 Å². The van der Waals surface area contributed by atoms with Crippen molar-refractivity contribution in [3.8, 4) is 0 Å². The Bertz CT molecular complexity index is 779. The summed E-state index contributed by atoms with van der Waals surface area (Å²) in [6.07, 6.45) is 3.00. The molecule has 21 heavy (non-hydrogen) atoms. The predicted molar refractivity (Wildman–Crippen MR) is 87.5 cm³/mol. The average molecular weight is 436 g/mol. The molecule has 0 bridgehead atoms. The molecule has 0 saturated carbocycles. The minimum atomic E-state index is -3.77. The molecule has 0 unspecified atom stereocenters. The molecule has 5 nitrogen and oxygen atoms in total. The molecule has 1 aromatic carbocycles. The lowest BCUT2D eigenvalue weighted by Crippen LogP contribution is -2.15. The summed E-state index contributed by atoms with van der Waals surface area (Å²) >= 11 is 6.55. The molecular formula is C13H12Br2N2O3S. The number of hydrogen-bond acceptors (Lipinski definition) is 4. The van der Waals surface area contributed by atoms with Crippen LogP contribution in [0.3, 0.4) is 0 Å². The number of sulfonamides is 1. The van der Waals surface area contributed by atoms with E-state index < -0.39 is 10.0 Å². The first kappa shape index (κ1) is 16.4. The lowest BCUT2D eigenvalue weighted by molar-refractivity contribution is 0.281. The second-order valence-electron chi connectivity index (χ2n) is 4.32. The van der Waals surface area contributed by atoms with Gasteiger partial charge in [0.1, 0.15) is 0 Å². The van der Waals surface area contributed by atoms with Crippen LogP contribution in [0.4, 0.5) is 5.69 Å². The lowest BCUT2D eigenvalue weighted by atomic mass is 10.2. The number of anilines is 1. The Kier molecular flexibility index (Phi) is 5.03. The SMILES string of the molecule is Cc1c(Br)cc(CO)cc1S(=O)(=O)Nc1ccncc1Br. The van der Waals surface area contributed by atoms with Crippen LogP contribution in [0.2, 0.25) is 0 Å². The van der Waals surface area contributed by atoms with E-state index in [1.54, 1.807) is 19.1 Å². The summed E-state index contributed by atoms with van der Waals surface area (Å²) in [6.45, 7) is 1.46. The summed E-state index contributed by atoms with van der Waals surface area (Å²) in [5, 5.41) is 9.23. The highest BCUT2D eigenvalue weighted by atomic mass is 79.9. The van der Waals surface area contributed by atoms with Crippen molar-refractivity contribution in [1.82, 2.24) is 4.98 Å². The van der Waals surface area contributed by atoms with Gasteiger partial charge in [0, 0.05) is 16.9 Å². The van der Waals surface area contributed by atoms with Crippen LogP contribution in [0.1, 0.15) is 11.1 Å². The van der Waals surface area contributed by atoms with Crippen molar-refractivity contribution < 1.29 is 13.5 Å². The van der Waals surface area contributed by atoms with Crippen molar-refractivity contribution in [2.75, 3.05) is 4.72 Å². The number of nitrogens with one attached hydrogen (secondary N) is 1. The van der Waals surface area contributed by atoms with Crippen molar-refractivity contribution in [2.24, 2.45) is 0 Å². The number of halogens is 2. The summed E-state index contributed by atoms with van der Waals surface area (Å²) < 4.78 is 28.8. The molecule has 0 fully saturated rings. The number of rotatable bonds is 4. The summed E-state index contributed by atoms with van der Waals surface area (Å²) in [7, 11) is -3.77. The summed E-state index contributed by atoms with van der Waals surface area (Å²) in [6, 6.07) is 4.70. The average Bonchev–Trinajstić information content (AvgIpc) is 2.43. The zero-order valence-corrected chi connectivity index (χ0v) is 15.0. The Morgan fingerprint density at radius 2 is 2.00 bits per heavy atom. The highest BCUT2D eigenvalue weighted by molar-refractivity contribution is 9.11. The van der Waals surface area contributed by atoms with Crippen molar-refractivity contribution in [2.45, 2.75) is 18.4 Å². The summed E-state index contributed by atoms with van der Waals surface area (Å²) in [5.74, 6) is 0. The Hall–Kier alpha value is -0.960. The number of aliphatic hydroxyl groups excluding tert-OH is 1. The molecule has 2 N–H and O–H groups in total. The van der Waals surface area contributed by atoms with Crippen LogP contribution in [0, 0.1) is 6.92 Å². The van der Waals surface area contributed by atoms with Crippen molar-refractivity contribution in [3.05, 3.63) is 50.7 Å². The zero-order valence-electron chi connectivity index (χ0n) is 11.0. The van der Waals surface area contributed by atoms with E-state index in [1.165, 1.54) is 18.5 Å². The fourth-order valence-corrected chi connectivity index (χ4v) is 4.25. The van der Waals surface area contributed by atoms with Gasteiger partial charge in [-0.05, 0) is 52.2 Å². The number of aromatic nitrogens is 1. The van der Waals surface area contributed by atoms with E-state index in [0.29, 0.717) is 25.8 Å². The molecule has 8 heteroatoms. The fourth-order valence-electron chi connectivity index (χ4n) is 1.74. The third-order valence-corrected chi connectivity index (χ3v) is 5.79. The molecule has 0 radical (unpaired) electrons. The van der Waals surface area contributed by atoms with Crippen LogP contribution in [-0.2, 0) is 16.6 Å².